The Hall–Kier alpha value is -2.64. The van der Waals surface area contributed by atoms with Gasteiger partial charge in [0.05, 0.1) is 12.5 Å². The second-order valence-corrected chi connectivity index (χ2v) is 6.85. The van der Waals surface area contributed by atoms with E-state index in [1.807, 2.05) is 0 Å². The molecule has 1 saturated carbocycles. The summed E-state index contributed by atoms with van der Waals surface area (Å²) in [5.74, 6) is -0.652. The largest absolute Gasteiger partial charge is 0.389 e. The Labute approximate surface area is 144 Å². The summed E-state index contributed by atoms with van der Waals surface area (Å²) in [5, 5.41) is 6.91. The first-order valence-electron chi connectivity index (χ1n) is 8.54. The number of carbonyl (C=O) groups excluding carboxylic acids is 2. The lowest BCUT2D eigenvalue weighted by atomic mass is 9.92. The molecule has 132 valence electrons. The summed E-state index contributed by atoms with van der Waals surface area (Å²) in [6.45, 7) is 0.722. The standard InChI is InChI=1S/C17H20N4O4/c1-20-12(6-3-7-14(20)22)17(24)21-8-11-13(9-21)25-19-15(11)16(23)18-10-4-2-5-10/h3,6-7,10-11,13H,2,4-5,8-9H2,1H3,(H,18,23)/t11-,13+/m0/s1. The summed E-state index contributed by atoms with van der Waals surface area (Å²) in [5.41, 5.74) is 0.461. The summed E-state index contributed by atoms with van der Waals surface area (Å²) >= 11 is 0. The number of oxime groups is 1. The number of aromatic nitrogens is 1. The molecule has 2 fully saturated rings. The Morgan fingerprint density at radius 2 is 2.08 bits per heavy atom. The molecule has 0 radical (unpaired) electrons. The Balaban J connectivity index is 1.46. The Kier molecular flexibility index (Phi) is 3.82. The van der Waals surface area contributed by atoms with Crippen molar-refractivity contribution in [2.45, 2.75) is 31.4 Å². The molecule has 1 aromatic rings. The maximum absolute atomic E-state index is 12.7. The third kappa shape index (κ3) is 2.71. The van der Waals surface area contributed by atoms with Crippen molar-refractivity contribution in [1.29, 1.82) is 0 Å². The molecule has 8 heteroatoms. The lowest BCUT2D eigenvalue weighted by Gasteiger charge is -2.26. The van der Waals surface area contributed by atoms with Crippen LogP contribution < -0.4 is 10.9 Å². The summed E-state index contributed by atoms with van der Waals surface area (Å²) in [7, 11) is 1.57. The zero-order valence-electron chi connectivity index (χ0n) is 14.0. The minimum Gasteiger partial charge on any atom is -0.389 e. The van der Waals surface area contributed by atoms with Gasteiger partial charge in [0.1, 0.15) is 5.69 Å². The minimum atomic E-state index is -0.299. The minimum absolute atomic E-state index is 0.196. The van der Waals surface area contributed by atoms with Crippen molar-refractivity contribution in [1.82, 2.24) is 14.8 Å². The number of hydrogen-bond acceptors (Lipinski definition) is 5. The van der Waals surface area contributed by atoms with Crippen molar-refractivity contribution in [2.24, 2.45) is 18.1 Å². The molecule has 2 atom stereocenters. The average Bonchev–Trinajstić information content (AvgIpc) is 3.13. The summed E-state index contributed by atoms with van der Waals surface area (Å²) in [4.78, 5) is 43.8. The molecule has 1 N–H and O–H groups in total. The highest BCUT2D eigenvalue weighted by Gasteiger charge is 2.47. The van der Waals surface area contributed by atoms with E-state index in [4.69, 9.17) is 4.84 Å². The maximum Gasteiger partial charge on any atom is 0.270 e. The summed E-state index contributed by atoms with van der Waals surface area (Å²) in [6, 6.07) is 4.83. The molecule has 0 bridgehead atoms. The number of likely N-dealkylation sites (tertiary alicyclic amines) is 1. The number of fused-ring (bicyclic) bond motifs is 1. The van der Waals surface area contributed by atoms with Gasteiger partial charge in [0.25, 0.3) is 17.4 Å². The fraction of sp³-hybridized carbons (Fsp3) is 0.529. The highest BCUT2D eigenvalue weighted by atomic mass is 16.6. The van der Waals surface area contributed by atoms with Crippen LogP contribution in [-0.4, -0.2) is 52.2 Å². The van der Waals surface area contributed by atoms with Gasteiger partial charge in [0.15, 0.2) is 11.8 Å². The molecule has 25 heavy (non-hydrogen) atoms. The lowest BCUT2D eigenvalue weighted by molar-refractivity contribution is -0.116. The first kappa shape index (κ1) is 15.9. The number of hydrogen-bond donors (Lipinski definition) is 1. The van der Waals surface area contributed by atoms with Crippen molar-refractivity contribution in [3.63, 3.8) is 0 Å². The highest BCUT2D eigenvalue weighted by molar-refractivity contribution is 6.40. The third-order valence-electron chi connectivity index (χ3n) is 5.27. The van der Waals surface area contributed by atoms with E-state index in [-0.39, 0.29) is 35.4 Å². The highest BCUT2D eigenvalue weighted by Crippen LogP contribution is 2.28. The quantitative estimate of drug-likeness (QED) is 0.827. The van der Waals surface area contributed by atoms with Crippen molar-refractivity contribution in [3.05, 3.63) is 34.2 Å². The monoisotopic (exact) mass is 344 g/mol. The lowest BCUT2D eigenvalue weighted by Crippen LogP contribution is -2.45. The van der Waals surface area contributed by atoms with Crippen LogP contribution in [0.25, 0.3) is 0 Å². The van der Waals surface area contributed by atoms with E-state index in [1.165, 1.54) is 10.6 Å². The van der Waals surface area contributed by atoms with E-state index in [0.29, 0.717) is 24.5 Å². The van der Waals surface area contributed by atoms with Crippen LogP contribution in [-0.2, 0) is 16.7 Å². The van der Waals surface area contributed by atoms with E-state index in [1.54, 1.807) is 24.1 Å². The molecule has 3 aliphatic rings. The summed E-state index contributed by atoms with van der Waals surface area (Å²) in [6.07, 6.45) is 2.84. The van der Waals surface area contributed by atoms with Gasteiger partial charge in [-0.15, -0.1) is 0 Å². The van der Waals surface area contributed by atoms with Gasteiger partial charge in [-0.05, 0) is 25.3 Å². The predicted molar refractivity (Wildman–Crippen MR) is 89.2 cm³/mol. The first-order chi connectivity index (χ1) is 12.0. The Morgan fingerprint density at radius 1 is 1.28 bits per heavy atom. The Bertz CT molecular complexity index is 811. The third-order valence-corrected chi connectivity index (χ3v) is 5.27. The second-order valence-electron chi connectivity index (χ2n) is 6.85. The SMILES string of the molecule is Cn1c(C(=O)N2C[C@@H]3C(C(=O)NC4CCC4)=NO[C@@H]3C2)cccc1=O. The van der Waals surface area contributed by atoms with Crippen LogP contribution >= 0.6 is 0 Å². The van der Waals surface area contributed by atoms with Gasteiger partial charge in [0, 0.05) is 25.7 Å². The normalized spacial score (nSPS) is 25.0. The molecule has 1 saturated heterocycles. The van der Waals surface area contributed by atoms with E-state index in [9.17, 15) is 14.4 Å². The Morgan fingerprint density at radius 3 is 2.80 bits per heavy atom. The van der Waals surface area contributed by atoms with Crippen LogP contribution in [0.2, 0.25) is 0 Å². The van der Waals surface area contributed by atoms with Gasteiger partial charge in [-0.25, -0.2) is 0 Å². The van der Waals surface area contributed by atoms with E-state index in [0.717, 1.165) is 19.3 Å². The number of pyridine rings is 1. The number of nitrogens with zero attached hydrogens (tertiary/aromatic N) is 3. The second kappa shape index (κ2) is 6.02. The zero-order valence-corrected chi connectivity index (χ0v) is 14.0. The topological polar surface area (TPSA) is 93.0 Å². The number of carbonyl (C=O) groups is 2. The first-order valence-corrected chi connectivity index (χ1v) is 8.54. The van der Waals surface area contributed by atoms with Crippen LogP contribution in [0.4, 0.5) is 0 Å². The molecule has 1 aliphatic carbocycles. The number of nitrogens with one attached hydrogen (secondary N) is 1. The van der Waals surface area contributed by atoms with Gasteiger partial charge in [0.2, 0.25) is 0 Å². The number of rotatable bonds is 3. The van der Waals surface area contributed by atoms with Gasteiger partial charge >= 0.3 is 0 Å². The zero-order chi connectivity index (χ0) is 17.6. The molecule has 2 aliphatic heterocycles. The average molecular weight is 344 g/mol. The molecule has 2 amide bonds. The molecular formula is C17H20N4O4. The van der Waals surface area contributed by atoms with Gasteiger partial charge in [-0.2, -0.15) is 0 Å². The fourth-order valence-corrected chi connectivity index (χ4v) is 3.46. The van der Waals surface area contributed by atoms with E-state index >= 15 is 0 Å². The smallest absolute Gasteiger partial charge is 0.270 e. The van der Waals surface area contributed by atoms with Crippen molar-refractivity contribution in [3.8, 4) is 0 Å². The maximum atomic E-state index is 12.7. The number of amides is 2. The summed E-state index contributed by atoms with van der Waals surface area (Å²) < 4.78 is 1.33. The van der Waals surface area contributed by atoms with Crippen molar-refractivity contribution in [2.75, 3.05) is 13.1 Å². The van der Waals surface area contributed by atoms with Crippen LogP contribution in [0, 0.1) is 5.92 Å². The van der Waals surface area contributed by atoms with Crippen molar-refractivity contribution >= 4 is 17.5 Å². The molecule has 0 spiro atoms. The molecule has 8 nitrogen and oxygen atoms in total. The van der Waals surface area contributed by atoms with Crippen molar-refractivity contribution < 1.29 is 14.4 Å². The van der Waals surface area contributed by atoms with Gasteiger partial charge in [-0.3, -0.25) is 14.4 Å². The van der Waals surface area contributed by atoms with Gasteiger partial charge < -0.3 is 19.6 Å². The molecule has 0 aromatic carbocycles. The molecular weight excluding hydrogens is 324 g/mol. The van der Waals surface area contributed by atoms with E-state index < -0.39 is 0 Å². The molecule has 1 aromatic heterocycles. The van der Waals surface area contributed by atoms with Crippen LogP contribution in [0.5, 0.6) is 0 Å². The molecule has 3 heterocycles. The fourth-order valence-electron chi connectivity index (χ4n) is 3.46. The van der Waals surface area contributed by atoms with E-state index in [2.05, 4.69) is 10.5 Å². The van der Waals surface area contributed by atoms with Crippen LogP contribution in [0.3, 0.4) is 0 Å². The predicted octanol–water partition coefficient (Wildman–Crippen LogP) is -0.119. The molecule has 0 unspecified atom stereocenters. The van der Waals surface area contributed by atoms with Crippen LogP contribution in [0.1, 0.15) is 29.8 Å². The van der Waals surface area contributed by atoms with Crippen LogP contribution in [0.15, 0.2) is 28.1 Å². The van der Waals surface area contributed by atoms with Gasteiger partial charge in [-0.1, -0.05) is 11.2 Å². The molecule has 4 rings (SSSR count).